The molecule has 0 aliphatic rings. The van der Waals surface area contributed by atoms with Crippen LogP contribution >= 0.6 is 23.2 Å². The fourth-order valence-electron chi connectivity index (χ4n) is 2.05. The van der Waals surface area contributed by atoms with Crippen LogP contribution in [0.5, 0.6) is 0 Å². The number of rotatable bonds is 1. The first kappa shape index (κ1) is 13.3. The van der Waals surface area contributed by atoms with E-state index in [1.807, 2.05) is 13.0 Å². The molecule has 3 rings (SSSR count). The fourth-order valence-corrected chi connectivity index (χ4v) is 2.59. The maximum Gasteiger partial charge on any atom is 0.164 e. The average molecular weight is 307 g/mol. The number of nitrogens with zero attached hydrogens (tertiary/aromatic N) is 2. The standard InChI is InChI=1S/C15H9Cl2FN2/c1-8-6-10-13(11(16)7-8)19-15(20-14(10)17)9-4-2-3-5-12(9)18/h2-7H,1H3. The Morgan fingerprint density at radius 3 is 2.55 bits per heavy atom. The van der Waals surface area contributed by atoms with Crippen molar-refractivity contribution in [1.29, 1.82) is 0 Å². The topological polar surface area (TPSA) is 25.8 Å². The second kappa shape index (κ2) is 5.00. The molecule has 0 aliphatic carbocycles. The van der Waals surface area contributed by atoms with E-state index in [9.17, 15) is 4.39 Å². The smallest absolute Gasteiger partial charge is 0.164 e. The maximum atomic E-state index is 13.8. The first-order valence-corrected chi connectivity index (χ1v) is 6.70. The molecule has 0 fully saturated rings. The molecule has 5 heteroatoms. The third-order valence-electron chi connectivity index (χ3n) is 2.97. The monoisotopic (exact) mass is 306 g/mol. The van der Waals surface area contributed by atoms with Gasteiger partial charge in [-0.25, -0.2) is 14.4 Å². The van der Waals surface area contributed by atoms with Gasteiger partial charge in [-0.2, -0.15) is 0 Å². The van der Waals surface area contributed by atoms with Crippen LogP contribution in [0, 0.1) is 12.7 Å². The summed E-state index contributed by atoms with van der Waals surface area (Å²) in [6.45, 7) is 1.91. The summed E-state index contributed by atoms with van der Waals surface area (Å²) in [7, 11) is 0. The molecule has 0 N–H and O–H groups in total. The van der Waals surface area contributed by atoms with Crippen LogP contribution in [0.15, 0.2) is 36.4 Å². The van der Waals surface area contributed by atoms with Crippen molar-refractivity contribution in [1.82, 2.24) is 9.97 Å². The van der Waals surface area contributed by atoms with Gasteiger partial charge in [0.25, 0.3) is 0 Å². The molecule has 0 amide bonds. The Kier molecular flexibility index (Phi) is 3.32. The first-order chi connectivity index (χ1) is 9.56. The predicted molar refractivity (Wildman–Crippen MR) is 79.7 cm³/mol. The molecule has 0 aliphatic heterocycles. The number of aromatic nitrogens is 2. The van der Waals surface area contributed by atoms with Crippen molar-refractivity contribution < 1.29 is 4.39 Å². The minimum absolute atomic E-state index is 0.228. The molecule has 0 spiro atoms. The molecule has 1 aromatic heterocycles. The average Bonchev–Trinajstić information content (AvgIpc) is 2.40. The van der Waals surface area contributed by atoms with Gasteiger partial charge < -0.3 is 0 Å². The second-order valence-corrected chi connectivity index (χ2v) is 5.23. The van der Waals surface area contributed by atoms with Crippen molar-refractivity contribution in [2.24, 2.45) is 0 Å². The van der Waals surface area contributed by atoms with Crippen LogP contribution < -0.4 is 0 Å². The molecule has 0 saturated carbocycles. The van der Waals surface area contributed by atoms with Gasteiger partial charge in [0, 0.05) is 5.39 Å². The van der Waals surface area contributed by atoms with Gasteiger partial charge in [0.1, 0.15) is 11.0 Å². The minimum atomic E-state index is -0.397. The highest BCUT2D eigenvalue weighted by molar-refractivity contribution is 6.38. The Morgan fingerprint density at radius 2 is 1.80 bits per heavy atom. The zero-order valence-corrected chi connectivity index (χ0v) is 12.0. The lowest BCUT2D eigenvalue weighted by Gasteiger charge is -2.07. The summed E-state index contributed by atoms with van der Waals surface area (Å²) < 4.78 is 13.8. The molecule has 2 nitrogen and oxygen atoms in total. The Labute approximate surface area is 125 Å². The molecule has 20 heavy (non-hydrogen) atoms. The van der Waals surface area contributed by atoms with Gasteiger partial charge in [-0.15, -0.1) is 0 Å². The molecule has 1 heterocycles. The molecule has 0 bridgehead atoms. The van der Waals surface area contributed by atoms with E-state index in [1.165, 1.54) is 6.07 Å². The van der Waals surface area contributed by atoms with Crippen LogP contribution in [-0.4, -0.2) is 9.97 Å². The molecule has 100 valence electrons. The molecular weight excluding hydrogens is 298 g/mol. The predicted octanol–water partition coefficient (Wildman–Crippen LogP) is 5.05. The van der Waals surface area contributed by atoms with Crippen LogP contribution in [0.3, 0.4) is 0 Å². The van der Waals surface area contributed by atoms with Crippen LogP contribution in [0.1, 0.15) is 5.56 Å². The van der Waals surface area contributed by atoms with Crippen molar-refractivity contribution in [3.05, 3.63) is 58.0 Å². The largest absolute Gasteiger partial charge is 0.226 e. The summed E-state index contributed by atoms with van der Waals surface area (Å²) in [6, 6.07) is 9.93. The Balaban J connectivity index is 2.33. The van der Waals surface area contributed by atoms with Crippen molar-refractivity contribution in [2.75, 3.05) is 0 Å². The van der Waals surface area contributed by atoms with Crippen molar-refractivity contribution in [3.63, 3.8) is 0 Å². The number of fused-ring (bicyclic) bond motifs is 1. The van der Waals surface area contributed by atoms with Crippen molar-refractivity contribution in [2.45, 2.75) is 6.92 Å². The van der Waals surface area contributed by atoms with E-state index in [0.717, 1.165) is 5.56 Å². The summed E-state index contributed by atoms with van der Waals surface area (Å²) in [5.41, 5.74) is 1.79. The van der Waals surface area contributed by atoms with Crippen LogP contribution in [-0.2, 0) is 0 Å². The fraction of sp³-hybridized carbons (Fsp3) is 0.0667. The summed E-state index contributed by atoms with van der Waals surface area (Å²) >= 11 is 12.4. The van der Waals surface area contributed by atoms with Crippen molar-refractivity contribution in [3.8, 4) is 11.4 Å². The zero-order valence-electron chi connectivity index (χ0n) is 10.5. The third-order valence-corrected chi connectivity index (χ3v) is 3.54. The van der Waals surface area contributed by atoms with Crippen LogP contribution in [0.25, 0.3) is 22.3 Å². The van der Waals surface area contributed by atoms with E-state index in [1.54, 1.807) is 24.3 Å². The highest BCUT2D eigenvalue weighted by Crippen LogP contribution is 2.31. The van der Waals surface area contributed by atoms with E-state index in [-0.39, 0.29) is 11.0 Å². The first-order valence-electron chi connectivity index (χ1n) is 5.94. The lowest BCUT2D eigenvalue weighted by atomic mass is 10.1. The number of hydrogen-bond acceptors (Lipinski definition) is 2. The van der Waals surface area contributed by atoms with E-state index in [4.69, 9.17) is 23.2 Å². The highest BCUT2D eigenvalue weighted by atomic mass is 35.5. The number of hydrogen-bond donors (Lipinski definition) is 0. The van der Waals surface area contributed by atoms with Gasteiger partial charge in [0.2, 0.25) is 0 Å². The SMILES string of the molecule is Cc1cc(Cl)c2nc(-c3ccccc3F)nc(Cl)c2c1. The van der Waals surface area contributed by atoms with Gasteiger partial charge in [-0.05, 0) is 36.8 Å². The summed E-state index contributed by atoms with van der Waals surface area (Å²) in [4.78, 5) is 8.51. The Bertz CT molecular complexity index is 818. The molecule has 2 aromatic carbocycles. The third kappa shape index (κ3) is 2.23. The van der Waals surface area contributed by atoms with E-state index in [2.05, 4.69) is 9.97 Å². The highest BCUT2D eigenvalue weighted by Gasteiger charge is 2.13. The summed E-state index contributed by atoms with van der Waals surface area (Å²) in [5, 5.41) is 1.40. The molecule has 0 atom stereocenters. The van der Waals surface area contributed by atoms with Gasteiger partial charge in [0.15, 0.2) is 5.82 Å². The van der Waals surface area contributed by atoms with Gasteiger partial charge in [-0.1, -0.05) is 35.3 Å². The lowest BCUT2D eigenvalue weighted by Crippen LogP contribution is -1.95. The number of benzene rings is 2. The normalized spacial score (nSPS) is 11.0. The van der Waals surface area contributed by atoms with Crippen LogP contribution in [0.2, 0.25) is 10.2 Å². The van der Waals surface area contributed by atoms with E-state index >= 15 is 0 Å². The Hall–Kier alpha value is -1.71. The maximum absolute atomic E-state index is 13.8. The van der Waals surface area contributed by atoms with Crippen LogP contribution in [0.4, 0.5) is 4.39 Å². The zero-order chi connectivity index (χ0) is 14.3. The van der Waals surface area contributed by atoms with Crippen molar-refractivity contribution >= 4 is 34.1 Å². The molecule has 3 aromatic rings. The molecular formula is C15H9Cl2FN2. The quantitative estimate of drug-likeness (QED) is 0.588. The molecule has 0 radical (unpaired) electrons. The van der Waals surface area contributed by atoms with Gasteiger partial charge in [-0.3, -0.25) is 0 Å². The molecule has 0 saturated heterocycles. The van der Waals surface area contributed by atoms with Gasteiger partial charge in [0.05, 0.1) is 16.1 Å². The van der Waals surface area contributed by atoms with Gasteiger partial charge >= 0.3 is 0 Å². The van der Waals surface area contributed by atoms with E-state index in [0.29, 0.717) is 21.5 Å². The number of aryl methyl sites for hydroxylation is 1. The lowest BCUT2D eigenvalue weighted by molar-refractivity contribution is 0.630. The second-order valence-electron chi connectivity index (χ2n) is 4.46. The summed E-state index contributed by atoms with van der Waals surface area (Å²) in [6.07, 6.45) is 0. The summed E-state index contributed by atoms with van der Waals surface area (Å²) in [5.74, 6) is -0.169. The van der Waals surface area contributed by atoms with E-state index < -0.39 is 5.82 Å². The Morgan fingerprint density at radius 1 is 1.05 bits per heavy atom. The molecule has 0 unspecified atom stereocenters. The minimum Gasteiger partial charge on any atom is -0.226 e. The number of halogens is 3.